The number of aromatic nitrogens is 2. The van der Waals surface area contributed by atoms with Gasteiger partial charge in [0.1, 0.15) is 5.82 Å². The molecule has 2 fully saturated rings. The lowest BCUT2D eigenvalue weighted by Gasteiger charge is -2.34. The first kappa shape index (κ1) is 18.9. The maximum Gasteiger partial charge on any atom is 0.224 e. The number of anilines is 2. The number of benzene rings is 1. The van der Waals surface area contributed by atoms with Crippen LogP contribution in [0.4, 0.5) is 11.8 Å². The van der Waals surface area contributed by atoms with E-state index in [1.54, 1.807) is 0 Å². The van der Waals surface area contributed by atoms with Crippen molar-refractivity contribution in [2.75, 3.05) is 56.1 Å². The summed E-state index contributed by atoms with van der Waals surface area (Å²) in [4.78, 5) is 13.9. The molecule has 3 heterocycles. The van der Waals surface area contributed by atoms with Gasteiger partial charge >= 0.3 is 0 Å². The van der Waals surface area contributed by atoms with Crippen LogP contribution in [0.2, 0.25) is 0 Å². The quantitative estimate of drug-likeness (QED) is 0.798. The maximum atomic E-state index is 5.65. The molecule has 1 N–H and O–H groups in total. The second-order valence-electron chi connectivity index (χ2n) is 7.36. The van der Waals surface area contributed by atoms with Gasteiger partial charge < -0.3 is 15.0 Å². The van der Waals surface area contributed by atoms with Gasteiger partial charge in [-0.05, 0) is 24.5 Å². The second-order valence-corrected chi connectivity index (χ2v) is 7.36. The average Bonchev–Trinajstić information content (AvgIpc) is 3.28. The van der Waals surface area contributed by atoms with Gasteiger partial charge in [-0.15, -0.1) is 0 Å². The highest BCUT2D eigenvalue weighted by Gasteiger charge is 2.18. The lowest BCUT2D eigenvalue weighted by Crippen LogP contribution is -2.46. The average molecular weight is 380 g/mol. The Hall–Kier alpha value is -2.44. The first-order chi connectivity index (χ1) is 13.9. The molecule has 0 saturated carbocycles. The van der Waals surface area contributed by atoms with E-state index in [0.29, 0.717) is 12.1 Å². The Morgan fingerprint density at radius 2 is 1.96 bits per heavy atom. The van der Waals surface area contributed by atoms with Gasteiger partial charge in [-0.25, -0.2) is 4.98 Å². The summed E-state index contributed by atoms with van der Waals surface area (Å²) in [5, 5.41) is 3.32. The maximum absolute atomic E-state index is 5.65. The zero-order chi connectivity index (χ0) is 19.0. The highest BCUT2D eigenvalue weighted by Crippen LogP contribution is 2.16. The zero-order valence-corrected chi connectivity index (χ0v) is 16.3. The third-order valence-corrected chi connectivity index (χ3v) is 5.32. The summed E-state index contributed by atoms with van der Waals surface area (Å²) in [6.07, 6.45) is 8.85. The van der Waals surface area contributed by atoms with Crippen molar-refractivity contribution in [2.45, 2.75) is 18.9 Å². The van der Waals surface area contributed by atoms with Gasteiger partial charge in [0.25, 0.3) is 0 Å². The number of nitrogens with one attached hydrogen (secondary N) is 1. The summed E-state index contributed by atoms with van der Waals surface area (Å²) in [5.74, 6) is 1.70. The molecule has 2 aliphatic heterocycles. The minimum absolute atomic E-state index is 0.291. The van der Waals surface area contributed by atoms with Crippen molar-refractivity contribution in [3.8, 4) is 0 Å². The molecule has 2 aliphatic rings. The summed E-state index contributed by atoms with van der Waals surface area (Å²) in [6, 6.07) is 12.5. The van der Waals surface area contributed by atoms with Crippen molar-refractivity contribution in [1.82, 2.24) is 14.9 Å². The molecule has 1 atom stereocenters. The third-order valence-electron chi connectivity index (χ3n) is 5.32. The second kappa shape index (κ2) is 9.66. The molecule has 4 rings (SSSR count). The molecule has 1 aromatic heterocycles. The van der Waals surface area contributed by atoms with Crippen LogP contribution in [0.15, 0.2) is 48.7 Å². The Balaban J connectivity index is 1.24. The van der Waals surface area contributed by atoms with E-state index in [0.717, 1.165) is 64.5 Å². The fourth-order valence-electron chi connectivity index (χ4n) is 3.68. The Morgan fingerprint density at radius 3 is 2.75 bits per heavy atom. The standard InChI is InChI=1S/C22H29N5O/c1-2-6-19(7-3-1)8-4-12-26-13-15-27(16-14-26)21-10-11-23-22(25-21)24-18-20-9-5-17-28-20/h1-4,6-8,10-11,20H,5,9,12-18H2,(H,23,24,25)/b8-4+. The van der Waals surface area contributed by atoms with Gasteiger partial charge in [-0.2, -0.15) is 4.98 Å². The molecule has 2 saturated heterocycles. The van der Waals surface area contributed by atoms with Crippen LogP contribution < -0.4 is 10.2 Å². The van der Waals surface area contributed by atoms with E-state index < -0.39 is 0 Å². The molecule has 1 aromatic carbocycles. The number of ether oxygens (including phenoxy) is 1. The molecule has 2 aromatic rings. The molecule has 6 nitrogen and oxygen atoms in total. The lowest BCUT2D eigenvalue weighted by molar-refractivity contribution is 0.120. The van der Waals surface area contributed by atoms with Crippen molar-refractivity contribution < 1.29 is 4.74 Å². The molecule has 1 unspecified atom stereocenters. The normalized spacial score (nSPS) is 20.7. The number of hydrogen-bond donors (Lipinski definition) is 1. The number of piperazine rings is 1. The van der Waals surface area contributed by atoms with Gasteiger partial charge in [0.15, 0.2) is 0 Å². The largest absolute Gasteiger partial charge is 0.376 e. The van der Waals surface area contributed by atoms with Crippen LogP contribution >= 0.6 is 0 Å². The van der Waals surface area contributed by atoms with Crippen LogP contribution in [-0.2, 0) is 4.74 Å². The van der Waals surface area contributed by atoms with Gasteiger partial charge in [-0.1, -0.05) is 42.5 Å². The van der Waals surface area contributed by atoms with Crippen LogP contribution in [0.5, 0.6) is 0 Å². The Kier molecular flexibility index (Phi) is 6.52. The Labute approximate surface area is 167 Å². The molecule has 28 heavy (non-hydrogen) atoms. The van der Waals surface area contributed by atoms with E-state index in [9.17, 15) is 0 Å². The topological polar surface area (TPSA) is 53.5 Å². The molecule has 0 aliphatic carbocycles. The third kappa shape index (κ3) is 5.30. The minimum atomic E-state index is 0.291. The molecule has 6 heteroatoms. The van der Waals surface area contributed by atoms with Crippen LogP contribution in [0.25, 0.3) is 6.08 Å². The summed E-state index contributed by atoms with van der Waals surface area (Å²) in [6.45, 7) is 6.70. The van der Waals surface area contributed by atoms with E-state index in [4.69, 9.17) is 9.72 Å². The molecular formula is C22H29N5O. The molecule has 0 bridgehead atoms. The van der Waals surface area contributed by atoms with E-state index in [1.165, 1.54) is 5.56 Å². The summed E-state index contributed by atoms with van der Waals surface area (Å²) in [5.41, 5.74) is 1.25. The Bertz CT molecular complexity index is 753. The predicted molar refractivity (Wildman–Crippen MR) is 114 cm³/mol. The van der Waals surface area contributed by atoms with Crippen LogP contribution in [0.3, 0.4) is 0 Å². The van der Waals surface area contributed by atoms with Crippen molar-refractivity contribution in [2.24, 2.45) is 0 Å². The van der Waals surface area contributed by atoms with Gasteiger partial charge in [-0.3, -0.25) is 4.90 Å². The van der Waals surface area contributed by atoms with Crippen LogP contribution in [0, 0.1) is 0 Å². The molecule has 148 valence electrons. The van der Waals surface area contributed by atoms with Crippen molar-refractivity contribution in [3.63, 3.8) is 0 Å². The summed E-state index contributed by atoms with van der Waals surface area (Å²) in [7, 11) is 0. The highest BCUT2D eigenvalue weighted by atomic mass is 16.5. The lowest BCUT2D eigenvalue weighted by atomic mass is 10.2. The first-order valence-electron chi connectivity index (χ1n) is 10.2. The highest BCUT2D eigenvalue weighted by molar-refractivity contribution is 5.49. The van der Waals surface area contributed by atoms with Gasteiger partial charge in [0, 0.05) is 52.1 Å². The van der Waals surface area contributed by atoms with E-state index in [1.807, 2.05) is 18.3 Å². The SMILES string of the molecule is C(=C\c1ccccc1)/CN1CCN(c2ccnc(NCC3CCCO3)n2)CC1. The summed E-state index contributed by atoms with van der Waals surface area (Å²) < 4.78 is 5.65. The smallest absolute Gasteiger partial charge is 0.224 e. The molecule has 0 radical (unpaired) electrons. The zero-order valence-electron chi connectivity index (χ0n) is 16.3. The van der Waals surface area contributed by atoms with Gasteiger partial charge in [0.2, 0.25) is 5.95 Å². The predicted octanol–water partition coefficient (Wildman–Crippen LogP) is 2.90. The van der Waals surface area contributed by atoms with Crippen LogP contribution in [-0.4, -0.2) is 66.8 Å². The number of nitrogens with zero attached hydrogens (tertiary/aromatic N) is 4. The molecule has 0 amide bonds. The van der Waals surface area contributed by atoms with Crippen molar-refractivity contribution >= 4 is 17.8 Å². The summed E-state index contributed by atoms with van der Waals surface area (Å²) >= 11 is 0. The van der Waals surface area contributed by atoms with E-state index in [-0.39, 0.29) is 0 Å². The van der Waals surface area contributed by atoms with Crippen molar-refractivity contribution in [1.29, 1.82) is 0 Å². The fraction of sp³-hybridized carbons (Fsp3) is 0.455. The number of hydrogen-bond acceptors (Lipinski definition) is 6. The fourth-order valence-corrected chi connectivity index (χ4v) is 3.68. The van der Waals surface area contributed by atoms with E-state index in [2.05, 4.69) is 56.5 Å². The Morgan fingerprint density at radius 1 is 1.11 bits per heavy atom. The monoisotopic (exact) mass is 379 g/mol. The first-order valence-corrected chi connectivity index (χ1v) is 10.2. The van der Waals surface area contributed by atoms with Gasteiger partial charge in [0.05, 0.1) is 6.10 Å². The number of rotatable bonds is 7. The molecule has 0 spiro atoms. The van der Waals surface area contributed by atoms with Crippen LogP contribution in [0.1, 0.15) is 18.4 Å². The van der Waals surface area contributed by atoms with E-state index >= 15 is 0 Å². The molecular weight excluding hydrogens is 350 g/mol. The minimum Gasteiger partial charge on any atom is -0.376 e. The van der Waals surface area contributed by atoms with Crippen molar-refractivity contribution in [3.05, 3.63) is 54.2 Å².